The molecule has 1 saturated heterocycles. The van der Waals surface area contributed by atoms with Gasteiger partial charge in [0.25, 0.3) is 0 Å². The molecule has 1 heterocycles. The Kier molecular flexibility index (Phi) is 3.62. The van der Waals surface area contributed by atoms with Crippen LogP contribution in [0.25, 0.3) is 0 Å². The van der Waals surface area contributed by atoms with E-state index in [1.807, 2.05) is 0 Å². The summed E-state index contributed by atoms with van der Waals surface area (Å²) in [5.41, 5.74) is -0.0483. The average molecular weight is 288 g/mol. The standard InChI is InChI=1S/C13H22BrNO/c1-10-5-8-15(9-11(10)14)12(16)13(2)6-3-4-7-13/h10-11H,3-9H2,1-2H3. The van der Waals surface area contributed by atoms with Crippen LogP contribution in [0, 0.1) is 11.3 Å². The molecule has 1 aliphatic heterocycles. The lowest BCUT2D eigenvalue weighted by Crippen LogP contribution is -2.48. The molecule has 16 heavy (non-hydrogen) atoms. The first-order valence-electron chi connectivity index (χ1n) is 6.46. The molecule has 2 nitrogen and oxygen atoms in total. The Morgan fingerprint density at radius 1 is 1.38 bits per heavy atom. The summed E-state index contributed by atoms with van der Waals surface area (Å²) in [5, 5.41) is 0. The number of nitrogens with zero attached hydrogens (tertiary/aromatic N) is 1. The number of halogens is 1. The van der Waals surface area contributed by atoms with E-state index in [1.165, 1.54) is 12.8 Å². The number of hydrogen-bond acceptors (Lipinski definition) is 1. The summed E-state index contributed by atoms with van der Waals surface area (Å²) in [7, 11) is 0. The molecule has 1 aliphatic carbocycles. The van der Waals surface area contributed by atoms with Gasteiger partial charge in [-0.1, -0.05) is 42.6 Å². The minimum Gasteiger partial charge on any atom is -0.341 e. The molecule has 2 rings (SSSR count). The molecule has 92 valence electrons. The summed E-state index contributed by atoms with van der Waals surface area (Å²) < 4.78 is 0. The van der Waals surface area contributed by atoms with Gasteiger partial charge in [-0.3, -0.25) is 4.79 Å². The number of amides is 1. The van der Waals surface area contributed by atoms with Crippen molar-refractivity contribution in [3.05, 3.63) is 0 Å². The Morgan fingerprint density at radius 2 is 2.00 bits per heavy atom. The van der Waals surface area contributed by atoms with Gasteiger partial charge in [0, 0.05) is 23.3 Å². The largest absolute Gasteiger partial charge is 0.341 e. The molecule has 0 radical (unpaired) electrons. The van der Waals surface area contributed by atoms with E-state index in [0.717, 1.165) is 32.4 Å². The smallest absolute Gasteiger partial charge is 0.228 e. The zero-order chi connectivity index (χ0) is 11.8. The maximum atomic E-state index is 12.5. The molecule has 0 aromatic carbocycles. The molecule has 2 aliphatic rings. The Hall–Kier alpha value is -0.0500. The minimum atomic E-state index is -0.0483. The van der Waals surface area contributed by atoms with Crippen LogP contribution in [0.3, 0.4) is 0 Å². The molecule has 2 fully saturated rings. The van der Waals surface area contributed by atoms with Crippen molar-refractivity contribution < 1.29 is 4.79 Å². The zero-order valence-corrected chi connectivity index (χ0v) is 11.9. The molecular weight excluding hydrogens is 266 g/mol. The fourth-order valence-electron chi connectivity index (χ4n) is 2.96. The summed E-state index contributed by atoms with van der Waals surface area (Å²) in [6.07, 6.45) is 5.77. The van der Waals surface area contributed by atoms with E-state index in [0.29, 0.717) is 16.7 Å². The van der Waals surface area contributed by atoms with Crippen LogP contribution in [0.2, 0.25) is 0 Å². The third kappa shape index (κ3) is 2.29. The van der Waals surface area contributed by atoms with Gasteiger partial charge >= 0.3 is 0 Å². The van der Waals surface area contributed by atoms with Gasteiger partial charge in [0.1, 0.15) is 0 Å². The van der Waals surface area contributed by atoms with Crippen LogP contribution in [0.4, 0.5) is 0 Å². The lowest BCUT2D eigenvalue weighted by atomic mass is 9.86. The van der Waals surface area contributed by atoms with E-state index in [2.05, 4.69) is 34.7 Å². The van der Waals surface area contributed by atoms with Crippen LogP contribution in [0.15, 0.2) is 0 Å². The van der Waals surface area contributed by atoms with Crippen molar-refractivity contribution in [2.24, 2.45) is 11.3 Å². The van der Waals surface area contributed by atoms with Crippen molar-refractivity contribution in [2.45, 2.75) is 50.8 Å². The molecule has 1 amide bonds. The van der Waals surface area contributed by atoms with E-state index in [1.54, 1.807) is 0 Å². The molecule has 0 bridgehead atoms. The highest BCUT2D eigenvalue weighted by Crippen LogP contribution is 2.40. The van der Waals surface area contributed by atoms with Crippen molar-refractivity contribution in [2.75, 3.05) is 13.1 Å². The van der Waals surface area contributed by atoms with Gasteiger partial charge in [-0.25, -0.2) is 0 Å². The van der Waals surface area contributed by atoms with Crippen molar-refractivity contribution in [3.8, 4) is 0 Å². The SMILES string of the molecule is CC1CCN(C(=O)C2(C)CCCC2)CC1Br. The quantitative estimate of drug-likeness (QED) is 0.679. The monoisotopic (exact) mass is 287 g/mol. The van der Waals surface area contributed by atoms with Gasteiger partial charge in [-0.2, -0.15) is 0 Å². The second-order valence-electron chi connectivity index (χ2n) is 5.80. The van der Waals surface area contributed by atoms with Gasteiger partial charge < -0.3 is 4.90 Å². The average Bonchev–Trinajstić information content (AvgIpc) is 2.70. The molecule has 0 N–H and O–H groups in total. The van der Waals surface area contributed by atoms with Crippen molar-refractivity contribution >= 4 is 21.8 Å². The van der Waals surface area contributed by atoms with Gasteiger partial charge in [-0.05, 0) is 25.2 Å². The van der Waals surface area contributed by atoms with Gasteiger partial charge in [0.2, 0.25) is 5.91 Å². The van der Waals surface area contributed by atoms with Gasteiger partial charge in [0.15, 0.2) is 0 Å². The van der Waals surface area contributed by atoms with E-state index < -0.39 is 0 Å². The fourth-order valence-corrected chi connectivity index (χ4v) is 3.57. The van der Waals surface area contributed by atoms with Crippen LogP contribution in [-0.4, -0.2) is 28.7 Å². The highest BCUT2D eigenvalue weighted by atomic mass is 79.9. The Morgan fingerprint density at radius 3 is 2.56 bits per heavy atom. The lowest BCUT2D eigenvalue weighted by Gasteiger charge is -2.38. The third-order valence-electron chi connectivity index (χ3n) is 4.38. The van der Waals surface area contributed by atoms with Crippen LogP contribution in [-0.2, 0) is 4.79 Å². The second kappa shape index (κ2) is 4.67. The van der Waals surface area contributed by atoms with E-state index in [-0.39, 0.29) is 5.41 Å². The number of alkyl halides is 1. The molecular formula is C13H22BrNO. The number of piperidine rings is 1. The summed E-state index contributed by atoms with van der Waals surface area (Å²) >= 11 is 3.69. The predicted molar refractivity (Wildman–Crippen MR) is 69.7 cm³/mol. The first-order chi connectivity index (χ1) is 7.53. The molecule has 3 heteroatoms. The molecule has 1 saturated carbocycles. The maximum absolute atomic E-state index is 12.5. The maximum Gasteiger partial charge on any atom is 0.228 e. The first-order valence-corrected chi connectivity index (χ1v) is 7.38. The Labute approximate surface area is 107 Å². The minimum absolute atomic E-state index is 0.0483. The zero-order valence-electron chi connectivity index (χ0n) is 10.3. The number of rotatable bonds is 1. The molecule has 2 unspecified atom stereocenters. The van der Waals surface area contributed by atoms with E-state index in [4.69, 9.17) is 0 Å². The number of carbonyl (C=O) groups is 1. The Balaban J connectivity index is 2.00. The summed E-state index contributed by atoms with van der Waals surface area (Å²) in [6.45, 7) is 6.27. The predicted octanol–water partition coefficient (Wildman–Crippen LogP) is 3.20. The Bertz CT molecular complexity index is 273. The summed E-state index contributed by atoms with van der Waals surface area (Å²) in [6, 6.07) is 0. The van der Waals surface area contributed by atoms with E-state index >= 15 is 0 Å². The van der Waals surface area contributed by atoms with Crippen molar-refractivity contribution in [1.29, 1.82) is 0 Å². The highest BCUT2D eigenvalue weighted by Gasteiger charge is 2.40. The third-order valence-corrected chi connectivity index (χ3v) is 5.57. The van der Waals surface area contributed by atoms with Crippen LogP contribution >= 0.6 is 15.9 Å². The number of hydrogen-bond donors (Lipinski definition) is 0. The second-order valence-corrected chi connectivity index (χ2v) is 6.98. The van der Waals surface area contributed by atoms with Gasteiger partial charge in [0.05, 0.1) is 0 Å². The van der Waals surface area contributed by atoms with E-state index in [9.17, 15) is 4.79 Å². The summed E-state index contributed by atoms with van der Waals surface area (Å²) in [5.74, 6) is 1.10. The first kappa shape index (κ1) is 12.4. The van der Waals surface area contributed by atoms with Crippen LogP contribution < -0.4 is 0 Å². The molecule has 0 aromatic rings. The normalized spacial score (nSPS) is 34.1. The molecule has 0 aromatic heterocycles. The molecule has 2 atom stereocenters. The van der Waals surface area contributed by atoms with Gasteiger partial charge in [-0.15, -0.1) is 0 Å². The molecule has 0 spiro atoms. The fraction of sp³-hybridized carbons (Fsp3) is 0.923. The van der Waals surface area contributed by atoms with Crippen LogP contribution in [0.5, 0.6) is 0 Å². The van der Waals surface area contributed by atoms with Crippen molar-refractivity contribution in [1.82, 2.24) is 4.90 Å². The van der Waals surface area contributed by atoms with Crippen LogP contribution in [0.1, 0.15) is 46.0 Å². The number of likely N-dealkylation sites (tertiary alicyclic amines) is 1. The number of carbonyl (C=O) groups excluding carboxylic acids is 1. The topological polar surface area (TPSA) is 20.3 Å². The summed E-state index contributed by atoms with van der Waals surface area (Å²) in [4.78, 5) is 15.0. The van der Waals surface area contributed by atoms with Crippen molar-refractivity contribution in [3.63, 3.8) is 0 Å². The highest BCUT2D eigenvalue weighted by molar-refractivity contribution is 9.09. The lowest BCUT2D eigenvalue weighted by molar-refractivity contribution is -0.142.